The number of aliphatic hydroxyl groups is 1. The van der Waals surface area contributed by atoms with Crippen molar-refractivity contribution in [3.63, 3.8) is 0 Å². The van der Waals surface area contributed by atoms with Crippen LogP contribution in [-0.2, 0) is 5.60 Å². The van der Waals surface area contributed by atoms with Gasteiger partial charge in [0.05, 0.1) is 0 Å². The van der Waals surface area contributed by atoms with Gasteiger partial charge in [0.25, 0.3) is 0 Å². The Balaban J connectivity index is 1.79. The summed E-state index contributed by atoms with van der Waals surface area (Å²) in [5.74, 6) is -0.230. The second-order valence-corrected chi connectivity index (χ2v) is 9.63. The molecule has 2 N–H and O–H groups in total. The number of aromatic hydroxyl groups is 1. The SMILES string of the molecule is Oc1ccccc1C1=CC(O)(c2ccccc2)C(c2ccccc2)C(c2ccccc2)=C1c1ccccc1. The standard InChI is InChI=1S/C36H28O2/c37-32-24-14-13-23-30(32)31-25-36(38,29-21-11-4-12-22-29)35(28-19-9-3-10-20-28)34(27-17-7-2-8-18-27)33(31)26-15-5-1-6-16-26/h1-25,35,37-38H. The minimum Gasteiger partial charge on any atom is -0.507 e. The number of benzene rings is 5. The number of rotatable bonds is 5. The van der Waals surface area contributed by atoms with E-state index < -0.39 is 11.5 Å². The van der Waals surface area contributed by atoms with Gasteiger partial charge in [-0.1, -0.05) is 140 Å². The van der Waals surface area contributed by atoms with Crippen molar-refractivity contribution in [2.45, 2.75) is 11.5 Å². The van der Waals surface area contributed by atoms with Crippen LogP contribution in [0.4, 0.5) is 0 Å². The number of hydrogen-bond donors (Lipinski definition) is 2. The van der Waals surface area contributed by atoms with Crippen LogP contribution in [0.3, 0.4) is 0 Å². The fraction of sp³-hybridized carbons (Fsp3) is 0.0556. The molecule has 2 atom stereocenters. The van der Waals surface area contributed by atoms with Crippen molar-refractivity contribution in [1.82, 2.24) is 0 Å². The fourth-order valence-electron chi connectivity index (χ4n) is 5.66. The van der Waals surface area contributed by atoms with Crippen LogP contribution in [0, 0.1) is 0 Å². The molecule has 6 rings (SSSR count). The maximum Gasteiger partial charge on any atom is 0.123 e. The summed E-state index contributed by atoms with van der Waals surface area (Å²) in [7, 11) is 0. The highest BCUT2D eigenvalue weighted by Gasteiger charge is 2.45. The third-order valence-corrected chi connectivity index (χ3v) is 7.34. The summed E-state index contributed by atoms with van der Waals surface area (Å²) in [5, 5.41) is 23.9. The van der Waals surface area contributed by atoms with Gasteiger partial charge in [0.2, 0.25) is 0 Å². The van der Waals surface area contributed by atoms with Crippen molar-refractivity contribution in [1.29, 1.82) is 0 Å². The third kappa shape index (κ3) is 4.15. The van der Waals surface area contributed by atoms with Gasteiger partial charge in [0.15, 0.2) is 0 Å². The Morgan fingerprint density at radius 2 is 1.03 bits per heavy atom. The highest BCUT2D eigenvalue weighted by Crippen LogP contribution is 2.57. The summed E-state index contributed by atoms with van der Waals surface area (Å²) in [6, 6.07) is 48.0. The minimum atomic E-state index is -1.39. The van der Waals surface area contributed by atoms with Gasteiger partial charge in [-0.3, -0.25) is 0 Å². The molecule has 2 unspecified atom stereocenters. The van der Waals surface area contributed by atoms with Gasteiger partial charge in [-0.05, 0) is 51.1 Å². The van der Waals surface area contributed by atoms with E-state index in [0.717, 1.165) is 39.0 Å². The highest BCUT2D eigenvalue weighted by molar-refractivity contribution is 6.18. The van der Waals surface area contributed by atoms with E-state index in [1.54, 1.807) is 6.07 Å². The summed E-state index contributed by atoms with van der Waals surface area (Å²) in [5.41, 5.74) is 5.95. The maximum atomic E-state index is 12.9. The lowest BCUT2D eigenvalue weighted by Crippen LogP contribution is -2.35. The monoisotopic (exact) mass is 492 g/mol. The molecule has 0 bridgehead atoms. The number of hydrogen-bond acceptors (Lipinski definition) is 2. The van der Waals surface area contributed by atoms with Crippen LogP contribution >= 0.6 is 0 Å². The first-order valence-corrected chi connectivity index (χ1v) is 12.9. The van der Waals surface area contributed by atoms with E-state index in [0.29, 0.717) is 5.56 Å². The van der Waals surface area contributed by atoms with Gasteiger partial charge in [-0.25, -0.2) is 0 Å². The number of phenols is 1. The summed E-state index contributed by atoms with van der Waals surface area (Å²) in [6.07, 6.45) is 1.95. The predicted molar refractivity (Wildman–Crippen MR) is 155 cm³/mol. The Bertz CT molecular complexity index is 1600. The van der Waals surface area contributed by atoms with Gasteiger partial charge in [-0.2, -0.15) is 0 Å². The molecule has 1 aliphatic rings. The number of allylic oxidation sites excluding steroid dienone is 2. The van der Waals surface area contributed by atoms with Crippen LogP contribution in [0.5, 0.6) is 5.75 Å². The first kappa shape index (κ1) is 23.7. The molecule has 0 spiro atoms. The predicted octanol–water partition coefficient (Wildman–Crippen LogP) is 8.07. The smallest absolute Gasteiger partial charge is 0.123 e. The summed E-state index contributed by atoms with van der Waals surface area (Å²) in [4.78, 5) is 0. The first-order valence-electron chi connectivity index (χ1n) is 12.9. The van der Waals surface area contributed by atoms with E-state index >= 15 is 0 Å². The van der Waals surface area contributed by atoms with Crippen LogP contribution in [0.2, 0.25) is 0 Å². The van der Waals surface area contributed by atoms with Crippen LogP contribution in [-0.4, -0.2) is 10.2 Å². The third-order valence-electron chi connectivity index (χ3n) is 7.34. The number of phenolic OH excluding ortho intramolecular Hbond substituents is 1. The molecule has 2 heteroatoms. The number of para-hydroxylation sites is 1. The van der Waals surface area contributed by atoms with Crippen molar-refractivity contribution in [2.24, 2.45) is 0 Å². The van der Waals surface area contributed by atoms with Crippen molar-refractivity contribution >= 4 is 16.7 Å². The van der Waals surface area contributed by atoms with Crippen molar-refractivity contribution in [2.75, 3.05) is 0 Å². The topological polar surface area (TPSA) is 40.5 Å². The molecule has 0 saturated heterocycles. The summed E-state index contributed by atoms with van der Waals surface area (Å²) >= 11 is 0. The molecular weight excluding hydrogens is 464 g/mol. The fourth-order valence-corrected chi connectivity index (χ4v) is 5.66. The van der Waals surface area contributed by atoms with E-state index in [1.807, 2.05) is 109 Å². The van der Waals surface area contributed by atoms with Crippen molar-refractivity contribution in [3.05, 3.63) is 179 Å². The summed E-state index contributed by atoms with van der Waals surface area (Å²) < 4.78 is 0. The van der Waals surface area contributed by atoms with Crippen LogP contribution in [0.1, 0.15) is 33.7 Å². The molecule has 0 aromatic heterocycles. The average Bonchev–Trinajstić information content (AvgIpc) is 2.98. The van der Waals surface area contributed by atoms with Gasteiger partial charge < -0.3 is 10.2 Å². The first-order chi connectivity index (χ1) is 18.7. The summed E-state index contributed by atoms with van der Waals surface area (Å²) in [6.45, 7) is 0. The Morgan fingerprint density at radius 1 is 0.526 bits per heavy atom. The average molecular weight is 493 g/mol. The van der Waals surface area contributed by atoms with E-state index in [-0.39, 0.29) is 5.75 Å². The second-order valence-electron chi connectivity index (χ2n) is 9.63. The maximum absolute atomic E-state index is 12.9. The molecular formula is C36H28O2. The molecule has 0 fully saturated rings. The Hall–Kier alpha value is -4.66. The second kappa shape index (κ2) is 10.0. The molecule has 38 heavy (non-hydrogen) atoms. The molecule has 0 amide bonds. The largest absolute Gasteiger partial charge is 0.507 e. The molecule has 1 aliphatic carbocycles. The molecule has 5 aromatic rings. The molecule has 0 saturated carbocycles. The zero-order valence-electron chi connectivity index (χ0n) is 20.9. The minimum absolute atomic E-state index is 0.174. The van der Waals surface area contributed by atoms with E-state index in [4.69, 9.17) is 0 Å². The van der Waals surface area contributed by atoms with Gasteiger partial charge in [0.1, 0.15) is 11.4 Å². The molecule has 0 radical (unpaired) electrons. The van der Waals surface area contributed by atoms with Crippen molar-refractivity contribution in [3.8, 4) is 5.75 Å². The van der Waals surface area contributed by atoms with E-state index in [2.05, 4.69) is 36.4 Å². The lowest BCUT2D eigenvalue weighted by atomic mass is 9.64. The van der Waals surface area contributed by atoms with Crippen LogP contribution in [0.25, 0.3) is 16.7 Å². The normalized spacial score (nSPS) is 19.2. The Labute approximate surface area is 223 Å². The quantitative estimate of drug-likeness (QED) is 0.260. The molecule has 2 nitrogen and oxygen atoms in total. The van der Waals surface area contributed by atoms with Gasteiger partial charge in [0, 0.05) is 11.5 Å². The Kier molecular flexibility index (Phi) is 6.25. The van der Waals surface area contributed by atoms with Crippen molar-refractivity contribution < 1.29 is 10.2 Å². The zero-order chi connectivity index (χ0) is 26.0. The zero-order valence-corrected chi connectivity index (χ0v) is 20.9. The van der Waals surface area contributed by atoms with Crippen LogP contribution in [0.15, 0.2) is 152 Å². The molecule has 5 aromatic carbocycles. The molecule has 0 heterocycles. The Morgan fingerprint density at radius 3 is 1.63 bits per heavy atom. The van der Waals surface area contributed by atoms with E-state index in [9.17, 15) is 10.2 Å². The highest BCUT2D eigenvalue weighted by atomic mass is 16.3. The van der Waals surface area contributed by atoms with Gasteiger partial charge >= 0.3 is 0 Å². The molecule has 0 aliphatic heterocycles. The lowest BCUT2D eigenvalue weighted by Gasteiger charge is -2.42. The molecule has 184 valence electrons. The lowest BCUT2D eigenvalue weighted by molar-refractivity contribution is 0.0764. The van der Waals surface area contributed by atoms with Crippen LogP contribution < -0.4 is 0 Å². The van der Waals surface area contributed by atoms with E-state index in [1.165, 1.54) is 0 Å². The van der Waals surface area contributed by atoms with Gasteiger partial charge in [-0.15, -0.1) is 0 Å².